The van der Waals surface area contributed by atoms with Crippen LogP contribution in [0.2, 0.25) is 0 Å². The Morgan fingerprint density at radius 1 is 1.35 bits per heavy atom. The molecule has 104 valence electrons. The van der Waals surface area contributed by atoms with Gasteiger partial charge in [-0.2, -0.15) is 5.10 Å². The van der Waals surface area contributed by atoms with Crippen LogP contribution in [-0.2, 0) is 6.42 Å². The third-order valence-corrected chi connectivity index (χ3v) is 2.67. The monoisotopic (exact) mass is 275 g/mol. The molecule has 8 nitrogen and oxygen atoms in total. The van der Waals surface area contributed by atoms with Crippen LogP contribution in [0, 0.1) is 10.1 Å². The van der Waals surface area contributed by atoms with Gasteiger partial charge < -0.3 is 5.32 Å². The van der Waals surface area contributed by atoms with Gasteiger partial charge in [0.15, 0.2) is 0 Å². The lowest BCUT2D eigenvalue weighted by atomic mass is 10.2. The van der Waals surface area contributed by atoms with Crippen molar-refractivity contribution < 1.29 is 9.72 Å². The number of non-ortho nitro benzene ring substituents is 1. The summed E-state index contributed by atoms with van der Waals surface area (Å²) in [6.07, 6.45) is 2.38. The summed E-state index contributed by atoms with van der Waals surface area (Å²) in [5.74, 6) is 0.534. The minimum absolute atomic E-state index is 0.0298. The number of rotatable bonds is 4. The van der Waals surface area contributed by atoms with Gasteiger partial charge in [-0.3, -0.25) is 20.5 Å². The fourth-order valence-corrected chi connectivity index (χ4v) is 1.63. The molecule has 2 aromatic rings. The number of urea groups is 1. The Hall–Kier alpha value is -2.90. The highest BCUT2D eigenvalue weighted by Crippen LogP contribution is 2.16. The van der Waals surface area contributed by atoms with E-state index in [9.17, 15) is 14.9 Å². The van der Waals surface area contributed by atoms with Gasteiger partial charge in [-0.05, 0) is 18.6 Å². The topological polar surface area (TPSA) is 113 Å². The minimum atomic E-state index is -0.498. The second-order valence-electron chi connectivity index (χ2n) is 4.01. The van der Waals surface area contributed by atoms with Crippen LogP contribution in [0.1, 0.15) is 12.5 Å². The Morgan fingerprint density at radius 3 is 2.65 bits per heavy atom. The highest BCUT2D eigenvalue weighted by Gasteiger charge is 2.09. The fourth-order valence-electron chi connectivity index (χ4n) is 1.63. The van der Waals surface area contributed by atoms with Gasteiger partial charge in [0, 0.05) is 23.4 Å². The molecule has 2 rings (SSSR count). The zero-order valence-electron chi connectivity index (χ0n) is 10.7. The number of nitro benzene ring substituents is 1. The lowest BCUT2D eigenvalue weighted by molar-refractivity contribution is -0.384. The van der Waals surface area contributed by atoms with Crippen LogP contribution in [0.5, 0.6) is 0 Å². The average Bonchev–Trinajstić information content (AvgIpc) is 2.86. The Morgan fingerprint density at radius 2 is 2.05 bits per heavy atom. The first-order chi connectivity index (χ1) is 9.60. The lowest BCUT2D eigenvalue weighted by Gasteiger charge is -2.07. The van der Waals surface area contributed by atoms with E-state index in [4.69, 9.17) is 0 Å². The van der Waals surface area contributed by atoms with E-state index in [-0.39, 0.29) is 5.69 Å². The quantitative estimate of drug-likeness (QED) is 0.587. The molecule has 2 amide bonds. The van der Waals surface area contributed by atoms with Gasteiger partial charge in [-0.25, -0.2) is 4.79 Å². The van der Waals surface area contributed by atoms with Crippen molar-refractivity contribution in [3.05, 3.63) is 46.1 Å². The molecule has 0 bridgehead atoms. The average molecular weight is 275 g/mol. The van der Waals surface area contributed by atoms with Gasteiger partial charge >= 0.3 is 6.03 Å². The number of aromatic nitrogens is 2. The normalized spacial score (nSPS) is 10.1. The predicted octanol–water partition coefficient (Wildman–Crippen LogP) is 2.52. The molecule has 0 saturated carbocycles. The Kier molecular flexibility index (Phi) is 3.94. The second-order valence-corrected chi connectivity index (χ2v) is 4.01. The number of carbonyl (C=O) groups excluding carboxylic acids is 1. The molecule has 0 spiro atoms. The van der Waals surface area contributed by atoms with Crippen LogP contribution < -0.4 is 10.6 Å². The van der Waals surface area contributed by atoms with Crippen molar-refractivity contribution in [2.45, 2.75) is 13.3 Å². The Labute approximate surface area is 114 Å². The number of carbonyl (C=O) groups is 1. The zero-order chi connectivity index (χ0) is 14.5. The summed E-state index contributed by atoms with van der Waals surface area (Å²) in [6.45, 7) is 1.95. The molecule has 0 aliphatic carbocycles. The number of anilines is 2. The van der Waals surface area contributed by atoms with Gasteiger partial charge in [0.25, 0.3) is 5.69 Å². The number of amides is 2. The lowest BCUT2D eigenvalue weighted by Crippen LogP contribution is -2.20. The van der Waals surface area contributed by atoms with Gasteiger partial charge in [0.1, 0.15) is 5.82 Å². The van der Waals surface area contributed by atoms with Crippen LogP contribution in [0.4, 0.5) is 22.0 Å². The van der Waals surface area contributed by atoms with E-state index in [2.05, 4.69) is 20.8 Å². The minimum Gasteiger partial charge on any atom is -0.308 e. The molecule has 0 unspecified atom stereocenters. The van der Waals surface area contributed by atoms with E-state index >= 15 is 0 Å². The van der Waals surface area contributed by atoms with E-state index in [1.165, 1.54) is 24.3 Å². The number of nitrogens with one attached hydrogen (secondary N) is 3. The number of aromatic amines is 1. The Bertz CT molecular complexity index is 620. The molecule has 8 heteroatoms. The smallest absolute Gasteiger partial charge is 0.308 e. The Balaban J connectivity index is 1.99. The molecule has 0 aliphatic rings. The van der Waals surface area contributed by atoms with Crippen molar-refractivity contribution in [1.29, 1.82) is 0 Å². The van der Waals surface area contributed by atoms with E-state index in [0.717, 1.165) is 12.0 Å². The van der Waals surface area contributed by atoms with E-state index < -0.39 is 11.0 Å². The van der Waals surface area contributed by atoms with Crippen molar-refractivity contribution >= 4 is 23.2 Å². The largest absolute Gasteiger partial charge is 0.324 e. The highest BCUT2D eigenvalue weighted by atomic mass is 16.6. The highest BCUT2D eigenvalue weighted by molar-refractivity contribution is 5.99. The third kappa shape index (κ3) is 3.10. The first-order valence-corrected chi connectivity index (χ1v) is 5.95. The second kappa shape index (κ2) is 5.83. The molecule has 0 atom stereocenters. The summed E-state index contributed by atoms with van der Waals surface area (Å²) < 4.78 is 0. The van der Waals surface area contributed by atoms with Gasteiger partial charge in [0.05, 0.1) is 11.1 Å². The summed E-state index contributed by atoms with van der Waals surface area (Å²) in [6, 6.07) is 5.13. The fraction of sp³-hybridized carbons (Fsp3) is 0.167. The first-order valence-electron chi connectivity index (χ1n) is 5.95. The maximum absolute atomic E-state index is 11.8. The predicted molar refractivity (Wildman–Crippen MR) is 73.7 cm³/mol. The first kappa shape index (κ1) is 13.5. The van der Waals surface area contributed by atoms with Crippen LogP contribution in [0.15, 0.2) is 30.5 Å². The number of aryl methyl sites for hydroxylation is 1. The van der Waals surface area contributed by atoms with Gasteiger partial charge in [-0.1, -0.05) is 6.92 Å². The number of H-pyrrole nitrogens is 1. The molecule has 0 fully saturated rings. The summed E-state index contributed by atoms with van der Waals surface area (Å²) in [5, 5.41) is 22.2. The van der Waals surface area contributed by atoms with E-state index in [0.29, 0.717) is 11.5 Å². The molecular weight excluding hydrogens is 262 g/mol. The summed E-state index contributed by atoms with van der Waals surface area (Å²) in [7, 11) is 0. The van der Waals surface area contributed by atoms with Crippen LogP contribution in [-0.4, -0.2) is 21.2 Å². The van der Waals surface area contributed by atoms with E-state index in [1.54, 1.807) is 6.20 Å². The van der Waals surface area contributed by atoms with Crippen molar-refractivity contribution in [1.82, 2.24) is 10.2 Å². The molecule has 0 saturated heterocycles. The van der Waals surface area contributed by atoms with E-state index in [1.807, 2.05) is 6.92 Å². The maximum Gasteiger partial charge on any atom is 0.324 e. The summed E-state index contributed by atoms with van der Waals surface area (Å²) in [4.78, 5) is 21.8. The van der Waals surface area contributed by atoms with Gasteiger partial charge in [-0.15, -0.1) is 0 Å². The number of nitro groups is 1. The van der Waals surface area contributed by atoms with Crippen LogP contribution >= 0.6 is 0 Å². The number of benzene rings is 1. The maximum atomic E-state index is 11.8. The SMILES string of the molecule is CCc1cn[nH]c1NC(=O)Nc1ccc([N+](=O)[O-])cc1. The molecular formula is C12H13N5O3. The molecule has 1 aromatic carbocycles. The molecule has 1 aromatic heterocycles. The summed E-state index contributed by atoms with van der Waals surface area (Å²) in [5.41, 5.74) is 1.33. The van der Waals surface area contributed by atoms with Crippen molar-refractivity contribution in [3.8, 4) is 0 Å². The number of hydrogen-bond donors (Lipinski definition) is 3. The van der Waals surface area contributed by atoms with Crippen molar-refractivity contribution in [2.75, 3.05) is 10.6 Å². The number of nitrogens with zero attached hydrogens (tertiary/aromatic N) is 2. The van der Waals surface area contributed by atoms with Gasteiger partial charge in [0.2, 0.25) is 0 Å². The molecule has 3 N–H and O–H groups in total. The summed E-state index contributed by atoms with van der Waals surface area (Å²) >= 11 is 0. The number of hydrogen-bond acceptors (Lipinski definition) is 4. The standard InChI is InChI=1S/C12H13N5O3/c1-2-8-7-13-16-11(8)15-12(18)14-9-3-5-10(6-4-9)17(19)20/h3-7H,2H2,1H3,(H3,13,14,15,16,18). The van der Waals surface area contributed by atoms with Crippen LogP contribution in [0.25, 0.3) is 0 Å². The third-order valence-electron chi connectivity index (χ3n) is 2.67. The van der Waals surface area contributed by atoms with Crippen molar-refractivity contribution in [3.63, 3.8) is 0 Å². The molecule has 0 aliphatic heterocycles. The van der Waals surface area contributed by atoms with Crippen LogP contribution in [0.3, 0.4) is 0 Å². The molecule has 0 radical (unpaired) electrons. The zero-order valence-corrected chi connectivity index (χ0v) is 10.7. The molecule has 1 heterocycles. The van der Waals surface area contributed by atoms with Crippen molar-refractivity contribution in [2.24, 2.45) is 0 Å². The molecule has 20 heavy (non-hydrogen) atoms.